The van der Waals surface area contributed by atoms with Gasteiger partial charge in [-0.2, -0.15) is 5.10 Å². The van der Waals surface area contributed by atoms with Crippen LogP contribution in [0.2, 0.25) is 0 Å². The number of imidazole rings is 1. The lowest BCUT2D eigenvalue weighted by atomic mass is 10.1. The Hall–Kier alpha value is -1.78. The molecule has 104 valence electrons. The van der Waals surface area contributed by atoms with Crippen LogP contribution in [0.3, 0.4) is 0 Å². The molecule has 0 unspecified atom stereocenters. The standard InChI is InChI=1S/C14H23N5/c1-4-7-15-14-17-11(2)10-19(14)8-5-6-13-9-16-18-12(13)3/h9-10H,4-8H2,1-3H3,(H,15,17)(H,16,18). The highest BCUT2D eigenvalue weighted by atomic mass is 15.2. The number of aryl methyl sites for hydroxylation is 4. The Kier molecular flexibility index (Phi) is 4.60. The minimum atomic E-state index is 0.970. The van der Waals surface area contributed by atoms with Gasteiger partial charge in [0.25, 0.3) is 0 Å². The van der Waals surface area contributed by atoms with E-state index in [4.69, 9.17) is 0 Å². The summed E-state index contributed by atoms with van der Waals surface area (Å²) in [6.45, 7) is 8.22. The van der Waals surface area contributed by atoms with Gasteiger partial charge in [-0.3, -0.25) is 5.10 Å². The Morgan fingerprint density at radius 3 is 2.89 bits per heavy atom. The van der Waals surface area contributed by atoms with Crippen LogP contribution in [0.25, 0.3) is 0 Å². The molecule has 2 aromatic heterocycles. The van der Waals surface area contributed by atoms with Crippen LogP contribution in [-0.4, -0.2) is 26.3 Å². The van der Waals surface area contributed by atoms with E-state index in [1.165, 1.54) is 11.3 Å². The molecule has 0 radical (unpaired) electrons. The first-order chi connectivity index (χ1) is 9.20. The van der Waals surface area contributed by atoms with Gasteiger partial charge in [0.15, 0.2) is 0 Å². The molecule has 2 N–H and O–H groups in total. The number of nitrogens with one attached hydrogen (secondary N) is 2. The summed E-state index contributed by atoms with van der Waals surface area (Å²) in [5.41, 5.74) is 3.55. The average molecular weight is 261 g/mol. The van der Waals surface area contributed by atoms with Crippen LogP contribution in [0, 0.1) is 13.8 Å². The number of aromatic amines is 1. The highest BCUT2D eigenvalue weighted by molar-refractivity contribution is 5.28. The highest BCUT2D eigenvalue weighted by Crippen LogP contribution is 2.12. The molecule has 2 rings (SSSR count). The zero-order valence-electron chi connectivity index (χ0n) is 12.0. The summed E-state index contributed by atoms with van der Waals surface area (Å²) in [5, 5.41) is 10.4. The molecule has 19 heavy (non-hydrogen) atoms. The lowest BCUT2D eigenvalue weighted by Crippen LogP contribution is -2.08. The van der Waals surface area contributed by atoms with E-state index in [0.717, 1.165) is 44.0 Å². The lowest BCUT2D eigenvalue weighted by Gasteiger charge is -2.08. The predicted octanol–water partition coefficient (Wildman–Crippen LogP) is 2.68. The van der Waals surface area contributed by atoms with Crippen molar-refractivity contribution in [1.82, 2.24) is 19.7 Å². The zero-order valence-corrected chi connectivity index (χ0v) is 12.0. The Morgan fingerprint density at radius 2 is 2.21 bits per heavy atom. The van der Waals surface area contributed by atoms with Crippen LogP contribution in [0.1, 0.15) is 36.7 Å². The molecule has 2 heterocycles. The average Bonchev–Trinajstić information content (AvgIpc) is 2.94. The van der Waals surface area contributed by atoms with Crippen molar-refractivity contribution in [1.29, 1.82) is 0 Å². The van der Waals surface area contributed by atoms with Crippen LogP contribution >= 0.6 is 0 Å². The molecule has 0 saturated heterocycles. The monoisotopic (exact) mass is 261 g/mol. The molecular weight excluding hydrogens is 238 g/mol. The molecule has 5 nitrogen and oxygen atoms in total. The van der Waals surface area contributed by atoms with E-state index in [9.17, 15) is 0 Å². The maximum absolute atomic E-state index is 4.51. The van der Waals surface area contributed by atoms with Gasteiger partial charge in [0, 0.05) is 25.0 Å². The summed E-state index contributed by atoms with van der Waals surface area (Å²) in [7, 11) is 0. The van der Waals surface area contributed by atoms with Gasteiger partial charge in [-0.15, -0.1) is 0 Å². The van der Waals surface area contributed by atoms with Crippen molar-refractivity contribution >= 4 is 5.95 Å². The number of hydrogen-bond donors (Lipinski definition) is 2. The Morgan fingerprint density at radius 1 is 1.37 bits per heavy atom. The third kappa shape index (κ3) is 3.59. The van der Waals surface area contributed by atoms with Crippen LogP contribution in [0.5, 0.6) is 0 Å². The van der Waals surface area contributed by atoms with Crippen molar-refractivity contribution in [3.63, 3.8) is 0 Å². The molecule has 0 spiro atoms. The fourth-order valence-electron chi connectivity index (χ4n) is 2.16. The molecule has 0 aliphatic rings. The smallest absolute Gasteiger partial charge is 0.203 e. The van der Waals surface area contributed by atoms with Crippen LogP contribution in [0.4, 0.5) is 5.95 Å². The minimum Gasteiger partial charge on any atom is -0.356 e. The molecule has 0 saturated carbocycles. The molecule has 0 aliphatic heterocycles. The summed E-state index contributed by atoms with van der Waals surface area (Å²) < 4.78 is 2.21. The second-order valence-corrected chi connectivity index (χ2v) is 4.95. The van der Waals surface area contributed by atoms with Crippen molar-refractivity contribution < 1.29 is 0 Å². The van der Waals surface area contributed by atoms with E-state index in [-0.39, 0.29) is 0 Å². The first-order valence-electron chi connectivity index (χ1n) is 6.97. The molecule has 0 fully saturated rings. The Balaban J connectivity index is 1.90. The topological polar surface area (TPSA) is 58.5 Å². The van der Waals surface area contributed by atoms with Crippen LogP contribution in [0.15, 0.2) is 12.4 Å². The van der Waals surface area contributed by atoms with E-state index in [1.54, 1.807) is 0 Å². The summed E-state index contributed by atoms with van der Waals surface area (Å²) in [6.07, 6.45) is 7.29. The minimum absolute atomic E-state index is 0.970. The van der Waals surface area contributed by atoms with Crippen molar-refractivity contribution in [3.05, 3.63) is 29.3 Å². The van der Waals surface area contributed by atoms with E-state index in [2.05, 4.69) is 45.1 Å². The van der Waals surface area contributed by atoms with Gasteiger partial charge >= 0.3 is 0 Å². The van der Waals surface area contributed by atoms with Gasteiger partial charge in [0.05, 0.1) is 11.9 Å². The SMILES string of the molecule is CCCNc1nc(C)cn1CCCc1cn[nH]c1C. The van der Waals surface area contributed by atoms with E-state index in [1.807, 2.05) is 13.1 Å². The van der Waals surface area contributed by atoms with E-state index in [0.29, 0.717) is 0 Å². The zero-order chi connectivity index (χ0) is 13.7. The Bertz CT molecular complexity index is 512. The van der Waals surface area contributed by atoms with Crippen molar-refractivity contribution in [2.24, 2.45) is 0 Å². The molecule has 2 aromatic rings. The predicted molar refractivity (Wildman–Crippen MR) is 77.4 cm³/mol. The number of aromatic nitrogens is 4. The summed E-state index contributed by atoms with van der Waals surface area (Å²) in [4.78, 5) is 4.51. The maximum Gasteiger partial charge on any atom is 0.203 e. The third-order valence-corrected chi connectivity index (χ3v) is 3.21. The normalized spacial score (nSPS) is 10.9. The largest absolute Gasteiger partial charge is 0.356 e. The fourth-order valence-corrected chi connectivity index (χ4v) is 2.16. The molecule has 5 heteroatoms. The Labute approximate surface area is 114 Å². The first kappa shape index (κ1) is 13.6. The molecule has 0 aromatic carbocycles. The number of anilines is 1. The molecule has 0 bridgehead atoms. The molecule has 0 amide bonds. The number of H-pyrrole nitrogens is 1. The van der Waals surface area contributed by atoms with Crippen molar-refractivity contribution in [2.45, 2.75) is 46.6 Å². The van der Waals surface area contributed by atoms with Crippen molar-refractivity contribution in [2.75, 3.05) is 11.9 Å². The number of hydrogen-bond acceptors (Lipinski definition) is 3. The van der Waals surface area contributed by atoms with Gasteiger partial charge in [0.2, 0.25) is 5.95 Å². The second kappa shape index (κ2) is 6.41. The molecule has 0 atom stereocenters. The van der Waals surface area contributed by atoms with Gasteiger partial charge in [-0.25, -0.2) is 4.98 Å². The number of nitrogens with zero attached hydrogens (tertiary/aromatic N) is 3. The maximum atomic E-state index is 4.51. The first-order valence-corrected chi connectivity index (χ1v) is 6.97. The van der Waals surface area contributed by atoms with Gasteiger partial charge < -0.3 is 9.88 Å². The van der Waals surface area contributed by atoms with Gasteiger partial charge in [-0.05, 0) is 38.7 Å². The highest BCUT2D eigenvalue weighted by Gasteiger charge is 2.05. The molecular formula is C14H23N5. The quantitative estimate of drug-likeness (QED) is 0.805. The van der Waals surface area contributed by atoms with Crippen molar-refractivity contribution in [3.8, 4) is 0 Å². The van der Waals surface area contributed by atoms with Gasteiger partial charge in [-0.1, -0.05) is 6.92 Å². The lowest BCUT2D eigenvalue weighted by molar-refractivity contribution is 0.644. The summed E-state index contributed by atoms with van der Waals surface area (Å²) >= 11 is 0. The summed E-state index contributed by atoms with van der Waals surface area (Å²) in [6, 6.07) is 0. The van der Waals surface area contributed by atoms with Crippen LogP contribution in [-0.2, 0) is 13.0 Å². The number of rotatable bonds is 7. The van der Waals surface area contributed by atoms with E-state index < -0.39 is 0 Å². The third-order valence-electron chi connectivity index (χ3n) is 3.21. The van der Waals surface area contributed by atoms with E-state index >= 15 is 0 Å². The molecule has 0 aliphatic carbocycles. The van der Waals surface area contributed by atoms with Crippen LogP contribution < -0.4 is 5.32 Å². The fraction of sp³-hybridized carbons (Fsp3) is 0.571. The summed E-state index contributed by atoms with van der Waals surface area (Å²) in [5.74, 6) is 0.989. The van der Waals surface area contributed by atoms with Gasteiger partial charge in [0.1, 0.15) is 0 Å². The second-order valence-electron chi connectivity index (χ2n) is 4.95.